The van der Waals surface area contributed by atoms with Gasteiger partial charge in [0, 0.05) is 55.7 Å². The Morgan fingerprint density at radius 3 is 2.97 bits per heavy atom. The second-order valence-corrected chi connectivity index (χ2v) is 9.78. The van der Waals surface area contributed by atoms with Crippen LogP contribution in [0.15, 0.2) is 47.2 Å². The number of unbranched alkanes of at least 4 members (excludes halogenated alkanes) is 1. The molecule has 1 aromatic carbocycles. The fraction of sp³-hybridized carbons (Fsp3) is 0.483. The van der Waals surface area contributed by atoms with Crippen molar-refractivity contribution in [2.75, 3.05) is 32.8 Å². The Balaban J connectivity index is 1.12. The van der Waals surface area contributed by atoms with Crippen molar-refractivity contribution >= 4 is 5.91 Å². The van der Waals surface area contributed by atoms with E-state index < -0.39 is 0 Å². The number of imidazole rings is 1. The van der Waals surface area contributed by atoms with E-state index >= 15 is 0 Å². The second kappa shape index (κ2) is 12.9. The molecule has 4 heterocycles. The van der Waals surface area contributed by atoms with Gasteiger partial charge in [-0.15, -0.1) is 0 Å². The Morgan fingerprint density at radius 1 is 1.26 bits per heavy atom. The molecule has 0 saturated carbocycles. The van der Waals surface area contributed by atoms with E-state index in [-0.39, 0.29) is 18.3 Å². The quantitative estimate of drug-likeness (QED) is 0.341. The number of rotatable bonds is 9. The molecule has 0 spiro atoms. The van der Waals surface area contributed by atoms with Crippen LogP contribution in [0.5, 0.6) is 0 Å². The molecule has 2 aromatic heterocycles. The molecule has 0 radical (unpaired) electrons. The summed E-state index contributed by atoms with van der Waals surface area (Å²) in [6, 6.07) is 9.97. The summed E-state index contributed by atoms with van der Waals surface area (Å²) < 4.78 is 19.5. The average Bonchev–Trinajstić information content (AvgIpc) is 3.60. The number of amides is 1. The van der Waals surface area contributed by atoms with Crippen LogP contribution in [-0.4, -0.2) is 64.6 Å². The molecular formula is C29H35N5O4. The van der Waals surface area contributed by atoms with E-state index in [1.54, 1.807) is 6.20 Å². The van der Waals surface area contributed by atoms with Crippen molar-refractivity contribution in [3.05, 3.63) is 59.8 Å². The lowest BCUT2D eigenvalue weighted by Gasteiger charge is -2.26. The van der Waals surface area contributed by atoms with Crippen molar-refractivity contribution in [2.24, 2.45) is 0 Å². The van der Waals surface area contributed by atoms with Crippen molar-refractivity contribution < 1.29 is 18.8 Å². The summed E-state index contributed by atoms with van der Waals surface area (Å²) in [5.41, 5.74) is 2.73. The van der Waals surface area contributed by atoms with Crippen LogP contribution in [0.25, 0.3) is 11.3 Å². The Kier molecular flexibility index (Phi) is 8.86. The van der Waals surface area contributed by atoms with E-state index in [0.29, 0.717) is 18.8 Å². The molecule has 1 unspecified atom stereocenters. The smallest absolute Gasteiger partial charge is 0.234 e. The number of benzene rings is 1. The summed E-state index contributed by atoms with van der Waals surface area (Å²) in [6.07, 6.45) is 8.26. The fourth-order valence-electron chi connectivity index (χ4n) is 4.77. The zero-order valence-electron chi connectivity index (χ0n) is 21.9. The van der Waals surface area contributed by atoms with E-state index in [1.807, 2.05) is 48.0 Å². The van der Waals surface area contributed by atoms with Gasteiger partial charge in [-0.2, -0.15) is 0 Å². The fourth-order valence-corrected chi connectivity index (χ4v) is 4.77. The highest BCUT2D eigenvalue weighted by Gasteiger charge is 2.21. The number of nitrogens with one attached hydrogen (secondary N) is 1. The lowest BCUT2D eigenvalue weighted by Crippen LogP contribution is -2.47. The minimum absolute atomic E-state index is 0.109. The largest absolute Gasteiger partial charge is 0.356 e. The van der Waals surface area contributed by atoms with Gasteiger partial charge in [0.25, 0.3) is 0 Å². The van der Waals surface area contributed by atoms with Gasteiger partial charge in [0.1, 0.15) is 17.6 Å². The lowest BCUT2D eigenvalue weighted by atomic mass is 10.1. The summed E-state index contributed by atoms with van der Waals surface area (Å²) in [7, 11) is 0. The zero-order chi connectivity index (χ0) is 26.2. The van der Waals surface area contributed by atoms with E-state index in [4.69, 9.17) is 14.0 Å². The minimum atomic E-state index is -0.181. The summed E-state index contributed by atoms with van der Waals surface area (Å²) in [6.45, 7) is 6.34. The predicted molar refractivity (Wildman–Crippen MR) is 142 cm³/mol. The first kappa shape index (κ1) is 26.2. The van der Waals surface area contributed by atoms with Crippen molar-refractivity contribution in [1.82, 2.24) is 24.9 Å². The molecule has 2 atom stereocenters. The van der Waals surface area contributed by atoms with E-state index in [2.05, 4.69) is 32.2 Å². The number of aromatic nitrogens is 3. The van der Waals surface area contributed by atoms with Gasteiger partial charge in [-0.1, -0.05) is 17.0 Å². The van der Waals surface area contributed by atoms with Crippen LogP contribution >= 0.6 is 0 Å². The third-order valence-corrected chi connectivity index (χ3v) is 6.79. The number of carbonyl (C=O) groups excluding carboxylic acids is 1. The molecule has 0 bridgehead atoms. The highest BCUT2D eigenvalue weighted by atomic mass is 16.7. The molecule has 38 heavy (non-hydrogen) atoms. The number of hydrogen-bond donors (Lipinski definition) is 1. The van der Waals surface area contributed by atoms with Gasteiger partial charge in [-0.25, -0.2) is 4.98 Å². The summed E-state index contributed by atoms with van der Waals surface area (Å²) >= 11 is 0. The Labute approximate surface area is 223 Å². The van der Waals surface area contributed by atoms with Gasteiger partial charge in [-0.05, 0) is 63.4 Å². The van der Waals surface area contributed by atoms with Crippen LogP contribution in [0.1, 0.15) is 62.2 Å². The van der Waals surface area contributed by atoms with E-state index in [0.717, 1.165) is 81.0 Å². The summed E-state index contributed by atoms with van der Waals surface area (Å²) in [4.78, 5) is 18.1. The number of piperazine rings is 1. The molecule has 5 rings (SSSR count). The monoisotopic (exact) mass is 517 g/mol. The van der Waals surface area contributed by atoms with Crippen molar-refractivity contribution in [3.63, 3.8) is 0 Å². The third-order valence-electron chi connectivity index (χ3n) is 6.79. The van der Waals surface area contributed by atoms with Gasteiger partial charge >= 0.3 is 0 Å². The number of carbonyl (C=O) groups is 1. The Bertz CT molecular complexity index is 1250. The average molecular weight is 518 g/mol. The molecule has 2 saturated heterocycles. The molecule has 9 heteroatoms. The van der Waals surface area contributed by atoms with Crippen molar-refractivity contribution in [2.45, 2.75) is 58.0 Å². The van der Waals surface area contributed by atoms with E-state index in [1.165, 1.54) is 0 Å². The molecule has 2 fully saturated rings. The molecule has 2 aliphatic heterocycles. The molecule has 0 aliphatic carbocycles. The Morgan fingerprint density at radius 2 is 2.16 bits per heavy atom. The van der Waals surface area contributed by atoms with E-state index in [9.17, 15) is 4.79 Å². The van der Waals surface area contributed by atoms with Crippen LogP contribution < -0.4 is 5.32 Å². The maximum absolute atomic E-state index is 11.4. The maximum Gasteiger partial charge on any atom is 0.234 e. The lowest BCUT2D eigenvalue weighted by molar-refractivity contribution is -0.188. The maximum atomic E-state index is 11.4. The molecule has 200 valence electrons. The minimum Gasteiger partial charge on any atom is -0.356 e. The first-order chi connectivity index (χ1) is 18.6. The van der Waals surface area contributed by atoms with Crippen LogP contribution in [0.2, 0.25) is 0 Å². The standard InChI is InChI=1S/C29H35N5O4/c1-22(37-28-8-4-6-18-36-28)29-31-14-17-34(29)20-25-19-26(38-32-25)24-11-9-23(10-12-24)7-3-2-5-15-33-16-13-30-27(35)21-33/h9-12,14,17,19,22,28H,2,4-6,8,13,15-16,18,20-21H2,1H3,(H,30,35)/t22-,28?/m0/s1. The van der Waals surface area contributed by atoms with Gasteiger partial charge in [0.2, 0.25) is 5.91 Å². The zero-order valence-corrected chi connectivity index (χ0v) is 21.9. The molecule has 1 N–H and O–H groups in total. The normalized spacial score (nSPS) is 19.0. The molecular weight excluding hydrogens is 482 g/mol. The van der Waals surface area contributed by atoms with Crippen LogP contribution in [-0.2, 0) is 20.8 Å². The molecule has 2 aliphatic rings. The first-order valence-corrected chi connectivity index (χ1v) is 13.5. The Hall–Kier alpha value is -3.45. The summed E-state index contributed by atoms with van der Waals surface area (Å²) in [5.74, 6) is 8.13. The van der Waals surface area contributed by atoms with Gasteiger partial charge in [0.05, 0.1) is 13.1 Å². The molecule has 9 nitrogen and oxygen atoms in total. The predicted octanol–water partition coefficient (Wildman–Crippen LogP) is 3.75. The molecule has 1 amide bonds. The highest BCUT2D eigenvalue weighted by Crippen LogP contribution is 2.25. The van der Waals surface area contributed by atoms with Crippen LogP contribution in [0.4, 0.5) is 0 Å². The highest BCUT2D eigenvalue weighted by molar-refractivity contribution is 5.78. The third kappa shape index (κ3) is 7.10. The number of ether oxygens (including phenoxy) is 2. The number of hydrogen-bond acceptors (Lipinski definition) is 7. The van der Waals surface area contributed by atoms with Crippen LogP contribution in [0, 0.1) is 11.8 Å². The SMILES string of the molecule is C[C@H](OC1CCCCO1)c1nccn1Cc1cc(-c2ccc(C#CCCCN3CCNC(=O)C3)cc2)on1. The van der Waals surface area contributed by atoms with Gasteiger partial charge in [0.15, 0.2) is 12.1 Å². The topological polar surface area (TPSA) is 94.7 Å². The first-order valence-electron chi connectivity index (χ1n) is 13.5. The van der Waals surface area contributed by atoms with Crippen molar-refractivity contribution in [1.29, 1.82) is 0 Å². The summed E-state index contributed by atoms with van der Waals surface area (Å²) in [5, 5.41) is 7.12. The van der Waals surface area contributed by atoms with Crippen molar-refractivity contribution in [3.8, 4) is 23.2 Å². The molecule has 3 aromatic rings. The number of nitrogens with zero attached hydrogens (tertiary/aromatic N) is 4. The van der Waals surface area contributed by atoms with Gasteiger partial charge < -0.3 is 23.9 Å². The van der Waals surface area contributed by atoms with Crippen LogP contribution in [0.3, 0.4) is 0 Å². The second-order valence-electron chi connectivity index (χ2n) is 9.78. The van der Waals surface area contributed by atoms with Gasteiger partial charge in [-0.3, -0.25) is 9.69 Å².